The van der Waals surface area contributed by atoms with E-state index in [-0.39, 0.29) is 5.91 Å². The van der Waals surface area contributed by atoms with Crippen molar-refractivity contribution in [1.82, 2.24) is 4.90 Å². The smallest absolute Gasteiger partial charge is 0.266 e. The molecule has 0 aliphatic carbocycles. The van der Waals surface area contributed by atoms with Gasteiger partial charge in [0.15, 0.2) is 5.17 Å². The average Bonchev–Trinajstić information content (AvgIpc) is 3.20. The Hall–Kier alpha value is -2.31. The van der Waals surface area contributed by atoms with Crippen LogP contribution in [0.25, 0.3) is 6.08 Å². The summed E-state index contributed by atoms with van der Waals surface area (Å²) >= 11 is 1.35. The van der Waals surface area contributed by atoms with E-state index >= 15 is 0 Å². The molecule has 1 fully saturated rings. The molecule has 0 radical (unpaired) electrons. The van der Waals surface area contributed by atoms with Gasteiger partial charge < -0.3 is 9.15 Å². The number of aliphatic imine (C=N–C) groups is 1. The van der Waals surface area contributed by atoms with Crippen molar-refractivity contribution in [3.8, 4) is 0 Å². The number of furan rings is 1. The summed E-state index contributed by atoms with van der Waals surface area (Å²) in [6, 6.07) is 13.2. The van der Waals surface area contributed by atoms with Crippen LogP contribution >= 0.6 is 11.8 Å². The predicted octanol–water partition coefficient (Wildman–Crippen LogP) is 3.92. The SMILES string of the molecule is CCOCCN1C(=O)/C(=C/c2ccco2)SC1=Nc1ccccc1. The number of benzene rings is 1. The summed E-state index contributed by atoms with van der Waals surface area (Å²) in [7, 11) is 0. The number of hydrogen-bond donors (Lipinski definition) is 0. The first-order chi connectivity index (χ1) is 11.8. The molecule has 0 N–H and O–H groups in total. The second-order valence-corrected chi connectivity index (χ2v) is 6.02. The summed E-state index contributed by atoms with van der Waals surface area (Å²) < 4.78 is 10.7. The Morgan fingerprint density at radius 2 is 2.08 bits per heavy atom. The van der Waals surface area contributed by atoms with Crippen LogP contribution < -0.4 is 0 Å². The Bertz CT molecular complexity index is 739. The van der Waals surface area contributed by atoms with E-state index in [4.69, 9.17) is 9.15 Å². The number of thioether (sulfide) groups is 1. The third-order valence-electron chi connectivity index (χ3n) is 3.35. The van der Waals surface area contributed by atoms with Gasteiger partial charge >= 0.3 is 0 Å². The summed E-state index contributed by atoms with van der Waals surface area (Å²) in [5, 5.41) is 0.656. The normalized spacial score (nSPS) is 18.0. The van der Waals surface area contributed by atoms with Crippen molar-refractivity contribution in [3.05, 3.63) is 59.4 Å². The first-order valence-corrected chi connectivity index (χ1v) is 8.56. The molecule has 24 heavy (non-hydrogen) atoms. The highest BCUT2D eigenvalue weighted by atomic mass is 32.2. The lowest BCUT2D eigenvalue weighted by atomic mass is 10.3. The van der Waals surface area contributed by atoms with Crippen LogP contribution in [0, 0.1) is 0 Å². The molecule has 2 aromatic rings. The number of amides is 1. The number of ether oxygens (including phenoxy) is 1. The van der Waals surface area contributed by atoms with Crippen molar-refractivity contribution in [2.75, 3.05) is 19.8 Å². The molecule has 1 aliphatic rings. The third-order valence-corrected chi connectivity index (χ3v) is 4.36. The van der Waals surface area contributed by atoms with Crippen LogP contribution in [0.15, 0.2) is 63.0 Å². The summed E-state index contributed by atoms with van der Waals surface area (Å²) in [6.45, 7) is 3.50. The largest absolute Gasteiger partial charge is 0.465 e. The fraction of sp³-hybridized carbons (Fsp3) is 0.222. The van der Waals surface area contributed by atoms with Crippen LogP contribution in [0.2, 0.25) is 0 Å². The molecule has 1 saturated heterocycles. The second-order valence-electron chi connectivity index (χ2n) is 5.01. The maximum atomic E-state index is 12.7. The van der Waals surface area contributed by atoms with Gasteiger partial charge in [0, 0.05) is 12.7 Å². The van der Waals surface area contributed by atoms with Crippen molar-refractivity contribution < 1.29 is 13.9 Å². The Labute approximate surface area is 145 Å². The van der Waals surface area contributed by atoms with Gasteiger partial charge in [-0.25, -0.2) is 4.99 Å². The summed E-state index contributed by atoms with van der Waals surface area (Å²) in [5.74, 6) is 0.572. The minimum Gasteiger partial charge on any atom is -0.465 e. The number of amidine groups is 1. The average molecular weight is 342 g/mol. The molecule has 0 bridgehead atoms. The number of para-hydroxylation sites is 1. The molecule has 0 atom stereocenters. The van der Waals surface area contributed by atoms with E-state index in [1.54, 1.807) is 23.3 Å². The molecule has 6 heteroatoms. The minimum atomic E-state index is -0.0780. The van der Waals surface area contributed by atoms with Crippen molar-refractivity contribution in [2.45, 2.75) is 6.92 Å². The van der Waals surface area contributed by atoms with E-state index in [1.807, 2.05) is 43.3 Å². The Morgan fingerprint density at radius 3 is 2.79 bits per heavy atom. The zero-order valence-electron chi connectivity index (χ0n) is 13.3. The fourth-order valence-corrected chi connectivity index (χ4v) is 3.21. The first kappa shape index (κ1) is 16.5. The van der Waals surface area contributed by atoms with Gasteiger partial charge in [0.25, 0.3) is 5.91 Å². The van der Waals surface area contributed by atoms with Gasteiger partial charge in [-0.3, -0.25) is 9.69 Å². The highest BCUT2D eigenvalue weighted by Gasteiger charge is 2.33. The monoisotopic (exact) mass is 342 g/mol. The molecular weight excluding hydrogens is 324 g/mol. The number of carbonyl (C=O) groups is 1. The molecule has 1 aliphatic heterocycles. The molecule has 3 rings (SSSR count). The van der Waals surface area contributed by atoms with E-state index in [1.165, 1.54) is 11.8 Å². The highest BCUT2D eigenvalue weighted by molar-refractivity contribution is 8.18. The number of carbonyl (C=O) groups excluding carboxylic acids is 1. The zero-order valence-corrected chi connectivity index (χ0v) is 14.2. The molecule has 124 valence electrons. The van der Waals surface area contributed by atoms with E-state index in [2.05, 4.69) is 4.99 Å². The summed E-state index contributed by atoms with van der Waals surface area (Å²) in [4.78, 5) is 19.5. The topological polar surface area (TPSA) is 55.0 Å². The fourth-order valence-electron chi connectivity index (χ4n) is 2.20. The van der Waals surface area contributed by atoms with Gasteiger partial charge in [0.05, 0.1) is 30.0 Å². The second kappa shape index (κ2) is 7.99. The molecule has 0 spiro atoms. The van der Waals surface area contributed by atoms with E-state index in [9.17, 15) is 4.79 Å². The summed E-state index contributed by atoms with van der Waals surface area (Å²) in [5.41, 5.74) is 0.813. The molecule has 5 nitrogen and oxygen atoms in total. The number of hydrogen-bond acceptors (Lipinski definition) is 5. The maximum Gasteiger partial charge on any atom is 0.266 e. The Kier molecular flexibility index (Phi) is 5.51. The number of nitrogens with zero attached hydrogens (tertiary/aromatic N) is 2. The van der Waals surface area contributed by atoms with Gasteiger partial charge in [-0.05, 0) is 43.0 Å². The van der Waals surface area contributed by atoms with Crippen molar-refractivity contribution in [2.24, 2.45) is 4.99 Å². The lowest BCUT2D eigenvalue weighted by molar-refractivity contribution is -0.122. The predicted molar refractivity (Wildman–Crippen MR) is 96.0 cm³/mol. The standard InChI is InChI=1S/C18H18N2O3S/c1-2-22-12-10-20-17(21)16(13-15-9-6-11-23-15)24-18(20)19-14-7-4-3-5-8-14/h3-9,11,13H,2,10,12H2,1H3/b16-13-,19-18?. The van der Waals surface area contributed by atoms with E-state index < -0.39 is 0 Å². The number of rotatable bonds is 6. The van der Waals surface area contributed by atoms with Crippen LogP contribution in [0.5, 0.6) is 0 Å². The molecule has 1 aromatic heterocycles. The van der Waals surface area contributed by atoms with Crippen LogP contribution in [0.1, 0.15) is 12.7 Å². The molecule has 2 heterocycles. The Morgan fingerprint density at radius 1 is 1.25 bits per heavy atom. The molecular formula is C18H18N2O3S. The lowest BCUT2D eigenvalue weighted by Crippen LogP contribution is -2.32. The van der Waals surface area contributed by atoms with E-state index in [0.717, 1.165) is 5.69 Å². The third kappa shape index (κ3) is 3.96. The molecule has 0 saturated carbocycles. The van der Waals surface area contributed by atoms with Crippen LogP contribution in [-0.2, 0) is 9.53 Å². The summed E-state index contributed by atoms with van der Waals surface area (Å²) in [6.07, 6.45) is 3.33. The van der Waals surface area contributed by atoms with Crippen LogP contribution in [0.3, 0.4) is 0 Å². The lowest BCUT2D eigenvalue weighted by Gasteiger charge is -2.15. The van der Waals surface area contributed by atoms with Gasteiger partial charge in [-0.15, -0.1) is 0 Å². The van der Waals surface area contributed by atoms with Crippen molar-refractivity contribution >= 4 is 34.6 Å². The van der Waals surface area contributed by atoms with Gasteiger partial charge in [0.2, 0.25) is 0 Å². The van der Waals surface area contributed by atoms with Gasteiger partial charge in [0.1, 0.15) is 5.76 Å². The molecule has 1 amide bonds. The quantitative estimate of drug-likeness (QED) is 0.590. The van der Waals surface area contributed by atoms with E-state index in [0.29, 0.717) is 35.6 Å². The van der Waals surface area contributed by atoms with Gasteiger partial charge in [-0.2, -0.15) is 0 Å². The maximum absolute atomic E-state index is 12.7. The first-order valence-electron chi connectivity index (χ1n) is 7.74. The highest BCUT2D eigenvalue weighted by Crippen LogP contribution is 2.34. The molecule has 1 aromatic carbocycles. The van der Waals surface area contributed by atoms with Gasteiger partial charge in [-0.1, -0.05) is 18.2 Å². The zero-order chi connectivity index (χ0) is 16.8. The van der Waals surface area contributed by atoms with Crippen molar-refractivity contribution in [1.29, 1.82) is 0 Å². The van der Waals surface area contributed by atoms with Crippen molar-refractivity contribution in [3.63, 3.8) is 0 Å². The molecule has 0 unspecified atom stereocenters. The minimum absolute atomic E-state index is 0.0780. The van der Waals surface area contributed by atoms with Crippen LogP contribution in [0.4, 0.5) is 5.69 Å². The van der Waals surface area contributed by atoms with Crippen LogP contribution in [-0.4, -0.2) is 35.7 Å². The Balaban J connectivity index is 1.87.